The first-order valence-corrected chi connectivity index (χ1v) is 8.97. The van der Waals surface area contributed by atoms with Gasteiger partial charge in [0.2, 0.25) is 5.91 Å². The smallest absolute Gasteiger partial charge is 0.220 e. The highest BCUT2D eigenvalue weighted by Crippen LogP contribution is 2.22. The van der Waals surface area contributed by atoms with Gasteiger partial charge in [-0.05, 0) is 23.5 Å². The first kappa shape index (κ1) is 18.9. The average molecular weight is 337 g/mol. The quantitative estimate of drug-likeness (QED) is 0.708. The molecule has 0 heterocycles. The predicted octanol–water partition coefficient (Wildman–Crippen LogP) is 4.73. The second-order valence-corrected chi connectivity index (χ2v) is 6.67. The molecule has 0 aliphatic rings. The molecule has 0 aromatic heterocycles. The van der Waals surface area contributed by atoms with E-state index in [9.17, 15) is 9.59 Å². The number of rotatable bonds is 8. The van der Waals surface area contributed by atoms with Crippen LogP contribution in [0.15, 0.2) is 54.6 Å². The zero-order valence-electron chi connectivity index (χ0n) is 15.3. The van der Waals surface area contributed by atoms with Crippen LogP contribution in [-0.2, 0) is 11.2 Å². The van der Waals surface area contributed by atoms with Gasteiger partial charge in [-0.25, -0.2) is 0 Å². The van der Waals surface area contributed by atoms with Crippen molar-refractivity contribution in [3.8, 4) is 0 Å². The number of benzene rings is 2. The van der Waals surface area contributed by atoms with Crippen molar-refractivity contribution in [2.75, 3.05) is 0 Å². The number of carbonyl (C=O) groups is 2. The second-order valence-electron chi connectivity index (χ2n) is 6.67. The summed E-state index contributed by atoms with van der Waals surface area (Å²) in [5.74, 6) is 0.202. The fourth-order valence-electron chi connectivity index (χ4n) is 2.84. The van der Waals surface area contributed by atoms with Gasteiger partial charge in [0.05, 0.1) is 6.04 Å². The van der Waals surface area contributed by atoms with Crippen molar-refractivity contribution in [3.05, 3.63) is 71.3 Å². The van der Waals surface area contributed by atoms with Gasteiger partial charge in [0, 0.05) is 18.4 Å². The number of nitrogens with one attached hydrogen (secondary N) is 1. The first-order valence-electron chi connectivity index (χ1n) is 8.97. The Morgan fingerprint density at radius 1 is 0.920 bits per heavy atom. The molecule has 1 N–H and O–H groups in total. The van der Waals surface area contributed by atoms with Crippen LogP contribution in [0.3, 0.4) is 0 Å². The summed E-state index contributed by atoms with van der Waals surface area (Å²) in [5, 5.41) is 3.09. The third-order valence-corrected chi connectivity index (χ3v) is 4.41. The Morgan fingerprint density at radius 3 is 2.12 bits per heavy atom. The molecule has 0 aliphatic heterocycles. The summed E-state index contributed by atoms with van der Waals surface area (Å²) < 4.78 is 0. The van der Waals surface area contributed by atoms with E-state index in [0.29, 0.717) is 5.56 Å². The van der Waals surface area contributed by atoms with Gasteiger partial charge in [0.15, 0.2) is 5.78 Å². The summed E-state index contributed by atoms with van der Waals surface area (Å²) in [6, 6.07) is 17.5. The van der Waals surface area contributed by atoms with E-state index in [1.807, 2.05) is 18.2 Å². The molecule has 0 radical (unpaired) electrons. The number of aryl methyl sites for hydroxylation is 1. The lowest BCUT2D eigenvalue weighted by Crippen LogP contribution is -2.32. The lowest BCUT2D eigenvalue weighted by molar-refractivity contribution is -0.122. The lowest BCUT2D eigenvalue weighted by atomic mass is 9.94. The standard InChI is InChI=1S/C22H27NO2/c1-4-17-10-12-19(13-11-17)22(16(2)3)23-21(25)15-14-20(24)18-8-6-5-7-9-18/h5-13,16,22H,4,14-15H2,1-3H3,(H,23,25). The van der Waals surface area contributed by atoms with Crippen molar-refractivity contribution in [1.82, 2.24) is 5.32 Å². The third-order valence-electron chi connectivity index (χ3n) is 4.41. The van der Waals surface area contributed by atoms with Crippen molar-refractivity contribution >= 4 is 11.7 Å². The van der Waals surface area contributed by atoms with Crippen molar-refractivity contribution in [2.24, 2.45) is 5.92 Å². The van der Waals surface area contributed by atoms with Crippen LogP contribution in [0.25, 0.3) is 0 Å². The minimum absolute atomic E-state index is 0.00384. The SMILES string of the molecule is CCc1ccc(C(NC(=O)CCC(=O)c2ccccc2)C(C)C)cc1. The summed E-state index contributed by atoms with van der Waals surface area (Å²) in [7, 11) is 0. The highest BCUT2D eigenvalue weighted by molar-refractivity contribution is 5.97. The normalized spacial score (nSPS) is 12.0. The summed E-state index contributed by atoms with van der Waals surface area (Å²) in [4.78, 5) is 24.5. The molecular weight excluding hydrogens is 310 g/mol. The van der Waals surface area contributed by atoms with Gasteiger partial charge in [0.1, 0.15) is 0 Å². The maximum atomic E-state index is 12.3. The molecule has 0 saturated carbocycles. The molecule has 132 valence electrons. The fourth-order valence-corrected chi connectivity index (χ4v) is 2.84. The van der Waals surface area contributed by atoms with Gasteiger partial charge in [-0.1, -0.05) is 75.4 Å². The number of amides is 1. The molecule has 0 aliphatic carbocycles. The van der Waals surface area contributed by atoms with Crippen LogP contribution in [0.1, 0.15) is 61.1 Å². The van der Waals surface area contributed by atoms with Gasteiger partial charge in [-0.2, -0.15) is 0 Å². The number of Topliss-reactive ketones (excluding diaryl/α,β-unsaturated/α-hetero) is 1. The molecule has 0 fully saturated rings. The second kappa shape index (κ2) is 9.16. The molecule has 25 heavy (non-hydrogen) atoms. The van der Waals surface area contributed by atoms with E-state index < -0.39 is 0 Å². The molecule has 0 saturated heterocycles. The molecule has 1 unspecified atom stereocenters. The third kappa shape index (κ3) is 5.56. The van der Waals surface area contributed by atoms with Gasteiger partial charge in [0.25, 0.3) is 0 Å². The predicted molar refractivity (Wildman–Crippen MR) is 102 cm³/mol. The molecule has 0 bridgehead atoms. The zero-order chi connectivity index (χ0) is 18.2. The number of ketones is 1. The Kier molecular flexibility index (Phi) is 6.93. The van der Waals surface area contributed by atoms with E-state index in [4.69, 9.17) is 0 Å². The van der Waals surface area contributed by atoms with Crippen LogP contribution in [0.4, 0.5) is 0 Å². The molecule has 0 spiro atoms. The summed E-state index contributed by atoms with van der Waals surface area (Å²) >= 11 is 0. The molecular formula is C22H27NO2. The van der Waals surface area contributed by atoms with Crippen LogP contribution in [0.2, 0.25) is 0 Å². The van der Waals surface area contributed by atoms with Crippen LogP contribution in [0.5, 0.6) is 0 Å². The van der Waals surface area contributed by atoms with E-state index in [-0.39, 0.29) is 36.5 Å². The molecule has 2 aromatic carbocycles. The molecule has 3 nitrogen and oxygen atoms in total. The zero-order valence-corrected chi connectivity index (χ0v) is 15.3. The minimum atomic E-state index is -0.0810. The van der Waals surface area contributed by atoms with Crippen molar-refractivity contribution in [1.29, 1.82) is 0 Å². The largest absolute Gasteiger partial charge is 0.349 e. The molecule has 2 aromatic rings. The summed E-state index contributed by atoms with van der Waals surface area (Å²) in [6.45, 7) is 6.31. The van der Waals surface area contributed by atoms with E-state index in [1.54, 1.807) is 12.1 Å². The van der Waals surface area contributed by atoms with Crippen LogP contribution in [0, 0.1) is 5.92 Å². The Hall–Kier alpha value is -2.42. The molecule has 2 rings (SSSR count). The van der Waals surface area contributed by atoms with E-state index in [0.717, 1.165) is 12.0 Å². The van der Waals surface area contributed by atoms with Gasteiger partial charge in [-0.3, -0.25) is 9.59 Å². The van der Waals surface area contributed by atoms with E-state index in [1.165, 1.54) is 5.56 Å². The van der Waals surface area contributed by atoms with E-state index in [2.05, 4.69) is 50.4 Å². The average Bonchev–Trinajstić information content (AvgIpc) is 2.64. The molecule has 3 heteroatoms. The summed E-state index contributed by atoms with van der Waals surface area (Å²) in [6.07, 6.45) is 1.44. The maximum absolute atomic E-state index is 12.3. The van der Waals surface area contributed by atoms with Crippen molar-refractivity contribution < 1.29 is 9.59 Å². The first-order chi connectivity index (χ1) is 12.0. The summed E-state index contributed by atoms with van der Waals surface area (Å²) in [5.41, 5.74) is 3.05. The number of carbonyl (C=O) groups excluding carboxylic acids is 2. The Morgan fingerprint density at radius 2 is 1.56 bits per heavy atom. The monoisotopic (exact) mass is 337 g/mol. The number of hydrogen-bond acceptors (Lipinski definition) is 2. The van der Waals surface area contributed by atoms with Crippen LogP contribution in [-0.4, -0.2) is 11.7 Å². The van der Waals surface area contributed by atoms with Crippen LogP contribution < -0.4 is 5.32 Å². The highest BCUT2D eigenvalue weighted by atomic mass is 16.2. The fraction of sp³-hybridized carbons (Fsp3) is 0.364. The molecule has 1 amide bonds. The van der Waals surface area contributed by atoms with Crippen LogP contribution >= 0.6 is 0 Å². The van der Waals surface area contributed by atoms with Crippen molar-refractivity contribution in [2.45, 2.75) is 46.1 Å². The minimum Gasteiger partial charge on any atom is -0.349 e. The van der Waals surface area contributed by atoms with E-state index >= 15 is 0 Å². The van der Waals surface area contributed by atoms with Gasteiger partial charge >= 0.3 is 0 Å². The topological polar surface area (TPSA) is 46.2 Å². The molecule has 1 atom stereocenters. The Bertz CT molecular complexity index is 690. The Labute approximate surface area is 150 Å². The highest BCUT2D eigenvalue weighted by Gasteiger charge is 2.19. The van der Waals surface area contributed by atoms with Gasteiger partial charge in [-0.15, -0.1) is 0 Å². The lowest BCUT2D eigenvalue weighted by Gasteiger charge is -2.23. The van der Waals surface area contributed by atoms with Crippen molar-refractivity contribution in [3.63, 3.8) is 0 Å². The Balaban J connectivity index is 1.94. The maximum Gasteiger partial charge on any atom is 0.220 e. The number of hydrogen-bond donors (Lipinski definition) is 1. The van der Waals surface area contributed by atoms with Gasteiger partial charge < -0.3 is 5.32 Å².